The van der Waals surface area contributed by atoms with Gasteiger partial charge in [-0.05, 0) is 20.0 Å². The fourth-order valence-electron chi connectivity index (χ4n) is 0.681. The first-order valence-electron chi connectivity index (χ1n) is 3.35. The van der Waals surface area contributed by atoms with E-state index in [1.807, 2.05) is 31.0 Å². The van der Waals surface area contributed by atoms with Crippen molar-refractivity contribution in [3.05, 3.63) is 12.3 Å². The van der Waals surface area contributed by atoms with Gasteiger partial charge in [0.15, 0.2) is 0 Å². The SMILES string of the molecule is CC=CN(CC)CC(N)=O. The summed E-state index contributed by atoms with van der Waals surface area (Å²) in [6.07, 6.45) is 3.73. The molecule has 0 rings (SSSR count). The second kappa shape index (κ2) is 4.85. The smallest absolute Gasteiger partial charge is 0.236 e. The largest absolute Gasteiger partial charge is 0.369 e. The van der Waals surface area contributed by atoms with E-state index in [-0.39, 0.29) is 5.91 Å². The molecule has 0 aliphatic heterocycles. The summed E-state index contributed by atoms with van der Waals surface area (Å²) in [7, 11) is 0. The van der Waals surface area contributed by atoms with Crippen LogP contribution in [0.2, 0.25) is 0 Å². The van der Waals surface area contributed by atoms with Gasteiger partial charge in [0.2, 0.25) is 5.91 Å². The maximum Gasteiger partial charge on any atom is 0.236 e. The van der Waals surface area contributed by atoms with Gasteiger partial charge in [-0.2, -0.15) is 0 Å². The quantitative estimate of drug-likeness (QED) is 0.614. The summed E-state index contributed by atoms with van der Waals surface area (Å²) in [5.74, 6) is -0.292. The monoisotopic (exact) mass is 142 g/mol. The molecular formula is C7H14N2O. The zero-order valence-corrected chi connectivity index (χ0v) is 6.50. The second-order valence-corrected chi connectivity index (χ2v) is 2.01. The van der Waals surface area contributed by atoms with Gasteiger partial charge in [-0.1, -0.05) is 6.08 Å². The summed E-state index contributed by atoms with van der Waals surface area (Å²) in [6.45, 7) is 5.00. The van der Waals surface area contributed by atoms with Crippen molar-refractivity contribution in [2.45, 2.75) is 13.8 Å². The number of hydrogen-bond acceptors (Lipinski definition) is 2. The van der Waals surface area contributed by atoms with Gasteiger partial charge < -0.3 is 10.6 Å². The number of likely N-dealkylation sites (N-methyl/N-ethyl adjacent to an activating group) is 1. The van der Waals surface area contributed by atoms with Crippen LogP contribution in [0.4, 0.5) is 0 Å². The fraction of sp³-hybridized carbons (Fsp3) is 0.571. The standard InChI is InChI=1S/C7H14N2O/c1-3-5-9(4-2)6-7(8)10/h3,5H,4,6H2,1-2H3,(H2,8,10). The molecule has 0 unspecified atom stereocenters. The first-order valence-corrected chi connectivity index (χ1v) is 3.35. The van der Waals surface area contributed by atoms with Gasteiger partial charge in [-0.25, -0.2) is 0 Å². The van der Waals surface area contributed by atoms with Crippen LogP contribution in [0.25, 0.3) is 0 Å². The Bertz CT molecular complexity index is 132. The lowest BCUT2D eigenvalue weighted by Crippen LogP contribution is -2.29. The van der Waals surface area contributed by atoms with Crippen molar-refractivity contribution < 1.29 is 4.79 Å². The Morgan fingerprint density at radius 2 is 2.30 bits per heavy atom. The third-order valence-electron chi connectivity index (χ3n) is 1.12. The molecular weight excluding hydrogens is 128 g/mol. The van der Waals surface area contributed by atoms with E-state index in [2.05, 4.69) is 0 Å². The average molecular weight is 142 g/mol. The molecule has 0 saturated heterocycles. The van der Waals surface area contributed by atoms with Crippen molar-refractivity contribution in [3.63, 3.8) is 0 Å². The normalized spacial score (nSPS) is 10.2. The maximum absolute atomic E-state index is 10.4. The molecule has 0 saturated carbocycles. The van der Waals surface area contributed by atoms with Gasteiger partial charge >= 0.3 is 0 Å². The Morgan fingerprint density at radius 1 is 1.70 bits per heavy atom. The predicted octanol–water partition coefficient (Wildman–Crippen LogP) is 0.327. The highest BCUT2D eigenvalue weighted by Crippen LogP contribution is 1.86. The zero-order chi connectivity index (χ0) is 7.98. The summed E-state index contributed by atoms with van der Waals surface area (Å²) in [5.41, 5.74) is 4.98. The van der Waals surface area contributed by atoms with Crippen molar-refractivity contribution in [1.82, 2.24) is 4.90 Å². The molecule has 1 amide bonds. The minimum absolute atomic E-state index is 0.292. The summed E-state index contributed by atoms with van der Waals surface area (Å²) in [6, 6.07) is 0. The molecule has 0 radical (unpaired) electrons. The highest BCUT2D eigenvalue weighted by molar-refractivity contribution is 5.76. The van der Waals surface area contributed by atoms with E-state index in [9.17, 15) is 4.79 Å². The number of hydrogen-bond donors (Lipinski definition) is 1. The van der Waals surface area contributed by atoms with Crippen LogP contribution in [0.3, 0.4) is 0 Å². The average Bonchev–Trinajstić information content (AvgIpc) is 1.86. The summed E-state index contributed by atoms with van der Waals surface area (Å²) >= 11 is 0. The van der Waals surface area contributed by atoms with Crippen molar-refractivity contribution in [1.29, 1.82) is 0 Å². The lowest BCUT2D eigenvalue weighted by atomic mass is 10.5. The Labute approximate surface area is 61.5 Å². The third-order valence-corrected chi connectivity index (χ3v) is 1.12. The summed E-state index contributed by atoms with van der Waals surface area (Å²) in [5, 5.41) is 0. The van der Waals surface area contributed by atoms with Gasteiger partial charge in [0, 0.05) is 6.54 Å². The first kappa shape index (κ1) is 9.01. The molecule has 0 spiro atoms. The predicted molar refractivity (Wildman–Crippen MR) is 41.3 cm³/mol. The molecule has 0 heterocycles. The van der Waals surface area contributed by atoms with Crippen molar-refractivity contribution in [3.8, 4) is 0 Å². The molecule has 10 heavy (non-hydrogen) atoms. The van der Waals surface area contributed by atoms with Gasteiger partial charge in [0.1, 0.15) is 0 Å². The molecule has 0 fully saturated rings. The Balaban J connectivity index is 3.71. The van der Waals surface area contributed by atoms with Crippen molar-refractivity contribution >= 4 is 5.91 Å². The Hall–Kier alpha value is -0.990. The van der Waals surface area contributed by atoms with Crippen LogP contribution in [0.1, 0.15) is 13.8 Å². The third kappa shape index (κ3) is 3.95. The van der Waals surface area contributed by atoms with E-state index in [0.29, 0.717) is 6.54 Å². The molecule has 0 aliphatic carbocycles. The second-order valence-electron chi connectivity index (χ2n) is 2.01. The van der Waals surface area contributed by atoms with Crippen LogP contribution in [0, 0.1) is 0 Å². The molecule has 0 aromatic carbocycles. The van der Waals surface area contributed by atoms with Crippen molar-refractivity contribution in [2.24, 2.45) is 5.73 Å². The van der Waals surface area contributed by atoms with E-state index < -0.39 is 0 Å². The molecule has 0 aromatic rings. The molecule has 0 aromatic heterocycles. The van der Waals surface area contributed by atoms with Gasteiger partial charge in [-0.3, -0.25) is 4.79 Å². The highest BCUT2D eigenvalue weighted by atomic mass is 16.1. The molecule has 3 heteroatoms. The number of nitrogens with zero attached hydrogens (tertiary/aromatic N) is 1. The molecule has 58 valence electrons. The number of allylic oxidation sites excluding steroid dienone is 1. The molecule has 2 N–H and O–H groups in total. The number of amides is 1. The minimum Gasteiger partial charge on any atom is -0.369 e. The van der Waals surface area contributed by atoms with Gasteiger partial charge in [-0.15, -0.1) is 0 Å². The highest BCUT2D eigenvalue weighted by Gasteiger charge is 1.98. The summed E-state index contributed by atoms with van der Waals surface area (Å²) in [4.78, 5) is 12.2. The Kier molecular flexibility index (Phi) is 4.37. The van der Waals surface area contributed by atoms with Crippen LogP contribution in [0.5, 0.6) is 0 Å². The van der Waals surface area contributed by atoms with Crippen LogP contribution in [-0.4, -0.2) is 23.9 Å². The zero-order valence-electron chi connectivity index (χ0n) is 6.50. The fourth-order valence-corrected chi connectivity index (χ4v) is 0.681. The number of carbonyl (C=O) groups is 1. The van der Waals surface area contributed by atoms with E-state index in [0.717, 1.165) is 6.54 Å². The van der Waals surface area contributed by atoms with Gasteiger partial charge in [0.05, 0.1) is 6.54 Å². The number of nitrogens with two attached hydrogens (primary N) is 1. The molecule has 0 aliphatic rings. The van der Waals surface area contributed by atoms with Crippen LogP contribution >= 0.6 is 0 Å². The minimum atomic E-state index is -0.292. The first-order chi connectivity index (χ1) is 4.70. The van der Waals surface area contributed by atoms with E-state index in [4.69, 9.17) is 5.73 Å². The van der Waals surface area contributed by atoms with E-state index in [1.54, 1.807) is 0 Å². The maximum atomic E-state index is 10.4. The van der Waals surface area contributed by atoms with E-state index >= 15 is 0 Å². The number of rotatable bonds is 4. The molecule has 0 atom stereocenters. The Morgan fingerprint density at radius 3 is 2.60 bits per heavy atom. The van der Waals surface area contributed by atoms with Crippen LogP contribution in [-0.2, 0) is 4.79 Å². The van der Waals surface area contributed by atoms with E-state index in [1.165, 1.54) is 0 Å². The molecule has 3 nitrogen and oxygen atoms in total. The topological polar surface area (TPSA) is 46.3 Å². The molecule has 0 bridgehead atoms. The van der Waals surface area contributed by atoms with Crippen LogP contribution < -0.4 is 5.73 Å². The number of carbonyl (C=O) groups excluding carboxylic acids is 1. The summed E-state index contributed by atoms with van der Waals surface area (Å²) < 4.78 is 0. The van der Waals surface area contributed by atoms with Crippen molar-refractivity contribution in [2.75, 3.05) is 13.1 Å². The lowest BCUT2D eigenvalue weighted by molar-refractivity contribution is -0.118. The number of primary amides is 1. The van der Waals surface area contributed by atoms with Gasteiger partial charge in [0.25, 0.3) is 0 Å². The van der Waals surface area contributed by atoms with Crippen LogP contribution in [0.15, 0.2) is 12.3 Å². The lowest BCUT2D eigenvalue weighted by Gasteiger charge is -2.14.